The van der Waals surface area contributed by atoms with Gasteiger partial charge in [0.1, 0.15) is 0 Å². The van der Waals surface area contributed by atoms with Crippen molar-refractivity contribution in [3.63, 3.8) is 0 Å². The van der Waals surface area contributed by atoms with E-state index in [9.17, 15) is 4.79 Å². The fourth-order valence-electron chi connectivity index (χ4n) is 2.30. The van der Waals surface area contributed by atoms with Crippen LogP contribution in [0.25, 0.3) is 0 Å². The molecule has 2 N–H and O–H groups in total. The van der Waals surface area contributed by atoms with Gasteiger partial charge in [0, 0.05) is 25.2 Å². The van der Waals surface area contributed by atoms with Crippen LogP contribution in [0.2, 0.25) is 0 Å². The summed E-state index contributed by atoms with van der Waals surface area (Å²) in [5.74, 6) is 0.0531. The number of nitrogens with one attached hydrogen (secondary N) is 2. The Balaban J connectivity index is 1.72. The average Bonchev–Trinajstić information content (AvgIpc) is 2.54. The maximum Gasteiger partial charge on any atom is 0.225 e. The first-order chi connectivity index (χ1) is 10.7. The normalized spacial score (nSPS) is 10.5. The molecule has 3 nitrogen and oxygen atoms in total. The Morgan fingerprint density at radius 3 is 2.50 bits per heavy atom. The number of para-hydroxylation sites is 1. The lowest BCUT2D eigenvalue weighted by Crippen LogP contribution is -2.21. The van der Waals surface area contributed by atoms with Crippen LogP contribution in [0.3, 0.4) is 0 Å². The standard InChI is InChI=1S/C19H24N2O/c1-3-17-6-4-5-7-18(17)21-19(22)12-13-20-14-16-10-8-15(2)9-11-16/h4-11,20H,3,12-14H2,1-2H3,(H,21,22). The highest BCUT2D eigenvalue weighted by Gasteiger charge is 2.05. The van der Waals surface area contributed by atoms with E-state index in [1.807, 2.05) is 24.3 Å². The van der Waals surface area contributed by atoms with E-state index >= 15 is 0 Å². The summed E-state index contributed by atoms with van der Waals surface area (Å²) in [4.78, 5) is 12.0. The minimum atomic E-state index is 0.0531. The number of hydrogen-bond acceptors (Lipinski definition) is 2. The van der Waals surface area contributed by atoms with Gasteiger partial charge in [0.05, 0.1) is 0 Å². The SMILES string of the molecule is CCc1ccccc1NC(=O)CCNCc1ccc(C)cc1. The Bertz CT molecular complexity index is 605. The largest absolute Gasteiger partial charge is 0.326 e. The molecule has 0 saturated carbocycles. The van der Waals surface area contributed by atoms with Crippen molar-refractivity contribution < 1.29 is 4.79 Å². The highest BCUT2D eigenvalue weighted by atomic mass is 16.1. The lowest BCUT2D eigenvalue weighted by atomic mass is 10.1. The van der Waals surface area contributed by atoms with Crippen molar-refractivity contribution in [2.24, 2.45) is 0 Å². The number of benzene rings is 2. The molecule has 2 aromatic rings. The van der Waals surface area contributed by atoms with Crippen LogP contribution in [-0.4, -0.2) is 12.5 Å². The molecule has 0 atom stereocenters. The van der Waals surface area contributed by atoms with Gasteiger partial charge in [-0.1, -0.05) is 55.0 Å². The van der Waals surface area contributed by atoms with Crippen molar-refractivity contribution in [1.82, 2.24) is 5.32 Å². The maximum absolute atomic E-state index is 12.0. The first kappa shape index (κ1) is 16.2. The van der Waals surface area contributed by atoms with Crippen LogP contribution in [0.15, 0.2) is 48.5 Å². The van der Waals surface area contributed by atoms with E-state index < -0.39 is 0 Å². The van der Waals surface area contributed by atoms with Crippen LogP contribution in [0, 0.1) is 6.92 Å². The monoisotopic (exact) mass is 296 g/mol. The van der Waals surface area contributed by atoms with Crippen molar-refractivity contribution in [3.05, 3.63) is 65.2 Å². The van der Waals surface area contributed by atoms with Gasteiger partial charge in [-0.25, -0.2) is 0 Å². The molecule has 1 amide bonds. The van der Waals surface area contributed by atoms with Gasteiger partial charge in [-0.15, -0.1) is 0 Å². The summed E-state index contributed by atoms with van der Waals surface area (Å²) in [5.41, 5.74) is 4.59. The zero-order valence-corrected chi connectivity index (χ0v) is 13.4. The van der Waals surface area contributed by atoms with E-state index in [4.69, 9.17) is 0 Å². The Morgan fingerprint density at radius 2 is 1.77 bits per heavy atom. The molecule has 0 aliphatic rings. The van der Waals surface area contributed by atoms with E-state index in [1.165, 1.54) is 16.7 Å². The number of rotatable bonds is 7. The molecule has 3 heteroatoms. The molecule has 0 saturated heterocycles. The van der Waals surface area contributed by atoms with E-state index in [2.05, 4.69) is 48.7 Å². The smallest absolute Gasteiger partial charge is 0.225 e. The zero-order valence-electron chi connectivity index (χ0n) is 13.4. The van der Waals surface area contributed by atoms with E-state index in [0.29, 0.717) is 13.0 Å². The highest BCUT2D eigenvalue weighted by Crippen LogP contribution is 2.15. The summed E-state index contributed by atoms with van der Waals surface area (Å²) >= 11 is 0. The van der Waals surface area contributed by atoms with Gasteiger partial charge in [0.2, 0.25) is 5.91 Å². The second kappa shape index (κ2) is 8.35. The van der Waals surface area contributed by atoms with E-state index in [1.54, 1.807) is 0 Å². The van der Waals surface area contributed by atoms with Gasteiger partial charge in [-0.2, -0.15) is 0 Å². The third-order valence-electron chi connectivity index (χ3n) is 3.65. The molecule has 0 aliphatic carbocycles. The van der Waals surface area contributed by atoms with Crippen LogP contribution in [0.5, 0.6) is 0 Å². The van der Waals surface area contributed by atoms with Crippen molar-refractivity contribution in [3.8, 4) is 0 Å². The van der Waals surface area contributed by atoms with E-state index in [-0.39, 0.29) is 5.91 Å². The molecule has 2 aromatic carbocycles. The summed E-state index contributed by atoms with van der Waals surface area (Å²) in [6, 6.07) is 16.4. The Kier molecular flexibility index (Phi) is 6.16. The predicted octanol–water partition coefficient (Wildman–Crippen LogP) is 3.68. The first-order valence-electron chi connectivity index (χ1n) is 7.83. The van der Waals surface area contributed by atoms with Crippen molar-refractivity contribution in [2.75, 3.05) is 11.9 Å². The molecule has 0 unspecified atom stereocenters. The lowest BCUT2D eigenvalue weighted by molar-refractivity contribution is -0.116. The van der Waals surface area contributed by atoms with Crippen molar-refractivity contribution in [1.29, 1.82) is 0 Å². The quantitative estimate of drug-likeness (QED) is 0.765. The Labute approximate surface area is 132 Å². The topological polar surface area (TPSA) is 41.1 Å². The second-order valence-electron chi connectivity index (χ2n) is 5.47. The number of amides is 1. The summed E-state index contributed by atoms with van der Waals surface area (Å²) < 4.78 is 0. The second-order valence-corrected chi connectivity index (χ2v) is 5.47. The Morgan fingerprint density at radius 1 is 1.05 bits per heavy atom. The number of carbonyl (C=O) groups excluding carboxylic acids is 1. The molecule has 0 aromatic heterocycles. The molecule has 0 aliphatic heterocycles. The third-order valence-corrected chi connectivity index (χ3v) is 3.65. The fraction of sp³-hybridized carbons (Fsp3) is 0.316. The minimum Gasteiger partial charge on any atom is -0.326 e. The fourth-order valence-corrected chi connectivity index (χ4v) is 2.30. The van der Waals surface area contributed by atoms with Gasteiger partial charge in [-0.05, 0) is 30.5 Å². The zero-order chi connectivity index (χ0) is 15.8. The van der Waals surface area contributed by atoms with Crippen LogP contribution in [0.1, 0.15) is 30.0 Å². The summed E-state index contributed by atoms with van der Waals surface area (Å²) in [7, 11) is 0. The maximum atomic E-state index is 12.0. The van der Waals surface area contributed by atoms with Gasteiger partial charge >= 0.3 is 0 Å². The van der Waals surface area contributed by atoms with Crippen LogP contribution < -0.4 is 10.6 Å². The minimum absolute atomic E-state index is 0.0531. The van der Waals surface area contributed by atoms with Gasteiger partial charge < -0.3 is 10.6 Å². The highest BCUT2D eigenvalue weighted by molar-refractivity contribution is 5.91. The predicted molar refractivity (Wildman–Crippen MR) is 92.0 cm³/mol. The van der Waals surface area contributed by atoms with Crippen molar-refractivity contribution >= 4 is 11.6 Å². The molecule has 0 radical (unpaired) electrons. The van der Waals surface area contributed by atoms with Crippen LogP contribution in [0.4, 0.5) is 5.69 Å². The number of aryl methyl sites for hydroxylation is 2. The number of carbonyl (C=O) groups is 1. The lowest BCUT2D eigenvalue weighted by Gasteiger charge is -2.10. The molecule has 22 heavy (non-hydrogen) atoms. The van der Waals surface area contributed by atoms with E-state index in [0.717, 1.165) is 18.7 Å². The van der Waals surface area contributed by atoms with Gasteiger partial charge in [-0.3, -0.25) is 4.79 Å². The molecule has 2 rings (SSSR count). The molecule has 0 bridgehead atoms. The first-order valence-corrected chi connectivity index (χ1v) is 7.83. The summed E-state index contributed by atoms with van der Waals surface area (Å²) in [5, 5.41) is 6.29. The molecule has 116 valence electrons. The molecule has 0 heterocycles. The summed E-state index contributed by atoms with van der Waals surface area (Å²) in [6.45, 7) is 5.64. The summed E-state index contributed by atoms with van der Waals surface area (Å²) in [6.07, 6.45) is 1.39. The van der Waals surface area contributed by atoms with Crippen molar-refractivity contribution in [2.45, 2.75) is 33.2 Å². The molecule has 0 fully saturated rings. The third kappa shape index (κ3) is 5.01. The number of hydrogen-bond donors (Lipinski definition) is 2. The Hall–Kier alpha value is -2.13. The average molecular weight is 296 g/mol. The number of anilines is 1. The molecular formula is C19H24N2O. The molecular weight excluding hydrogens is 272 g/mol. The van der Waals surface area contributed by atoms with Gasteiger partial charge in [0.25, 0.3) is 0 Å². The molecule has 0 spiro atoms. The van der Waals surface area contributed by atoms with Crippen LogP contribution >= 0.6 is 0 Å². The van der Waals surface area contributed by atoms with Crippen LogP contribution in [-0.2, 0) is 17.8 Å². The van der Waals surface area contributed by atoms with Gasteiger partial charge in [0.15, 0.2) is 0 Å².